The van der Waals surface area contributed by atoms with Gasteiger partial charge in [-0.05, 0) is 74.2 Å². The summed E-state index contributed by atoms with van der Waals surface area (Å²) in [6.07, 6.45) is -2.36. The van der Waals surface area contributed by atoms with Crippen molar-refractivity contribution in [3.63, 3.8) is 0 Å². The number of rotatable bonds is 16. The third kappa shape index (κ3) is 14.2. The molecule has 13 heteroatoms. The van der Waals surface area contributed by atoms with Crippen molar-refractivity contribution in [3.8, 4) is 0 Å². The van der Waals surface area contributed by atoms with Crippen molar-refractivity contribution < 1.29 is 42.9 Å². The Morgan fingerprint density at radius 3 is 1.69 bits per heavy atom. The quantitative estimate of drug-likeness (QED) is 0.130. The maximum Gasteiger partial charge on any atom is 0.411 e. The number of nitrogens with one attached hydrogen (secondary N) is 2. The minimum absolute atomic E-state index is 0.0330. The molecule has 45 heavy (non-hydrogen) atoms. The van der Waals surface area contributed by atoms with Crippen LogP contribution in [0.1, 0.15) is 53.9 Å². The Balaban J connectivity index is 1.98. The first-order valence-electron chi connectivity index (χ1n) is 14.6. The van der Waals surface area contributed by atoms with Crippen molar-refractivity contribution in [2.45, 2.75) is 78.3 Å². The first-order valence-corrected chi connectivity index (χ1v) is 16.2. The van der Waals surface area contributed by atoms with Crippen molar-refractivity contribution in [2.75, 3.05) is 24.4 Å². The zero-order valence-electron chi connectivity index (χ0n) is 26.3. The summed E-state index contributed by atoms with van der Waals surface area (Å²) in [5.41, 5.74) is 1.16. The normalized spacial score (nSPS) is 14.9. The maximum absolute atomic E-state index is 12.4. The summed E-state index contributed by atoms with van der Waals surface area (Å²) < 4.78 is 29.6. The predicted molar refractivity (Wildman–Crippen MR) is 177 cm³/mol. The first kappa shape index (κ1) is 38.0. The van der Waals surface area contributed by atoms with Crippen LogP contribution in [0.15, 0.2) is 57.5 Å². The SMILES string of the molecule is CO[C@@H](CC[C@@H](C)[C@@H](OC(C)=O)[C@H](C)[C@@H](CCOC(=O)Nc1ccc(Br)cc1)OC(C)=O)[C@H](C)OC(=O)Nc1ccc(Br)cc1. The summed E-state index contributed by atoms with van der Waals surface area (Å²) in [6.45, 7) is 8.08. The van der Waals surface area contributed by atoms with Crippen molar-refractivity contribution >= 4 is 67.4 Å². The van der Waals surface area contributed by atoms with Crippen molar-refractivity contribution in [1.29, 1.82) is 0 Å². The molecule has 248 valence electrons. The first-order chi connectivity index (χ1) is 21.3. The molecule has 0 bridgehead atoms. The van der Waals surface area contributed by atoms with Crippen molar-refractivity contribution in [2.24, 2.45) is 11.8 Å². The molecule has 2 N–H and O–H groups in total. The lowest BCUT2D eigenvalue weighted by Crippen LogP contribution is -2.40. The maximum atomic E-state index is 12.4. The predicted octanol–water partition coefficient (Wildman–Crippen LogP) is 7.72. The molecule has 0 aliphatic heterocycles. The van der Waals surface area contributed by atoms with Gasteiger partial charge < -0.3 is 23.7 Å². The second-order valence-corrected chi connectivity index (χ2v) is 12.5. The van der Waals surface area contributed by atoms with Crippen LogP contribution in [0.3, 0.4) is 0 Å². The lowest BCUT2D eigenvalue weighted by atomic mass is 9.84. The number of hydrogen-bond donors (Lipinski definition) is 2. The van der Waals surface area contributed by atoms with Crippen LogP contribution in [0.5, 0.6) is 0 Å². The summed E-state index contributed by atoms with van der Waals surface area (Å²) in [7, 11) is 1.54. The molecule has 0 saturated heterocycles. The molecule has 0 aliphatic rings. The monoisotopic (exact) mass is 756 g/mol. The molecule has 2 amide bonds. The molecule has 6 atom stereocenters. The van der Waals surface area contributed by atoms with E-state index < -0.39 is 54.5 Å². The second kappa shape index (κ2) is 19.4. The minimum Gasteiger partial charge on any atom is -0.462 e. The third-order valence-corrected chi connectivity index (χ3v) is 8.18. The number of anilines is 2. The summed E-state index contributed by atoms with van der Waals surface area (Å²) in [4.78, 5) is 48.8. The summed E-state index contributed by atoms with van der Waals surface area (Å²) >= 11 is 6.70. The number of carbonyl (C=O) groups excluding carboxylic acids is 4. The molecule has 0 spiro atoms. The fraction of sp³-hybridized carbons (Fsp3) is 0.500. The van der Waals surface area contributed by atoms with Gasteiger partial charge >= 0.3 is 24.1 Å². The van der Waals surface area contributed by atoms with Gasteiger partial charge in [0.1, 0.15) is 18.3 Å². The Kier molecular flexibility index (Phi) is 16.4. The van der Waals surface area contributed by atoms with E-state index in [-0.39, 0.29) is 18.9 Å². The molecule has 0 saturated carbocycles. The van der Waals surface area contributed by atoms with E-state index in [0.717, 1.165) is 8.95 Å². The number of ether oxygens (including phenoxy) is 5. The average Bonchev–Trinajstić information content (AvgIpc) is 2.97. The van der Waals surface area contributed by atoms with Gasteiger partial charge in [-0.3, -0.25) is 20.2 Å². The highest BCUT2D eigenvalue weighted by Crippen LogP contribution is 2.29. The van der Waals surface area contributed by atoms with Crippen molar-refractivity contribution in [1.82, 2.24) is 0 Å². The highest BCUT2D eigenvalue weighted by Gasteiger charge is 2.35. The fourth-order valence-corrected chi connectivity index (χ4v) is 5.33. The van der Waals surface area contributed by atoms with Gasteiger partial charge in [-0.25, -0.2) is 9.59 Å². The molecule has 0 aromatic heterocycles. The third-order valence-electron chi connectivity index (χ3n) is 7.13. The standard InChI is InChI=1S/C32H42Br2N2O9/c1-19(7-16-29(41-6)21(3)43-32(40)36-27-14-10-25(34)11-15-27)30(45-23(5)38)20(2)28(44-22(4)37)17-18-42-31(39)35-26-12-8-24(33)9-13-26/h8-15,19-21,28-30H,7,16-18H2,1-6H3,(H,35,39)(H,36,40)/t19-,20-,21+,28-,29+,30-/m1/s1. The molecule has 2 rings (SSSR count). The number of carbonyl (C=O) groups is 4. The van der Waals surface area contributed by atoms with Crippen LogP contribution >= 0.6 is 31.9 Å². The molecule has 11 nitrogen and oxygen atoms in total. The van der Waals surface area contributed by atoms with Gasteiger partial charge in [-0.15, -0.1) is 0 Å². The Morgan fingerprint density at radius 2 is 1.20 bits per heavy atom. The Labute approximate surface area is 281 Å². The zero-order valence-corrected chi connectivity index (χ0v) is 29.5. The Morgan fingerprint density at radius 1 is 0.689 bits per heavy atom. The van der Waals surface area contributed by atoms with Gasteiger partial charge in [-0.1, -0.05) is 45.7 Å². The molecule has 0 heterocycles. The van der Waals surface area contributed by atoms with E-state index in [0.29, 0.717) is 24.2 Å². The van der Waals surface area contributed by atoms with Gasteiger partial charge in [0.05, 0.1) is 12.7 Å². The highest BCUT2D eigenvalue weighted by atomic mass is 79.9. The van der Waals surface area contributed by atoms with Crippen LogP contribution in [0.2, 0.25) is 0 Å². The number of halogens is 2. The molecular weight excluding hydrogens is 716 g/mol. The summed E-state index contributed by atoms with van der Waals surface area (Å²) in [5, 5.41) is 5.33. The van der Waals surface area contributed by atoms with E-state index in [1.807, 2.05) is 13.8 Å². The van der Waals surface area contributed by atoms with Crippen LogP contribution in [0.25, 0.3) is 0 Å². The van der Waals surface area contributed by atoms with Gasteiger partial charge in [-0.2, -0.15) is 0 Å². The van der Waals surface area contributed by atoms with Gasteiger partial charge in [0, 0.05) is 53.6 Å². The largest absolute Gasteiger partial charge is 0.462 e. The second-order valence-electron chi connectivity index (χ2n) is 10.7. The van der Waals surface area contributed by atoms with Gasteiger partial charge in [0.2, 0.25) is 0 Å². The molecule has 0 fully saturated rings. The van der Waals surface area contributed by atoms with Crippen LogP contribution in [-0.2, 0) is 33.3 Å². The van der Waals surface area contributed by atoms with Crippen LogP contribution in [0, 0.1) is 11.8 Å². The van der Waals surface area contributed by atoms with E-state index >= 15 is 0 Å². The lowest BCUT2D eigenvalue weighted by Gasteiger charge is -2.34. The number of benzene rings is 2. The Bertz CT molecular complexity index is 1240. The topological polar surface area (TPSA) is 138 Å². The number of methoxy groups -OCH3 is 1. The molecule has 2 aromatic carbocycles. The van der Waals surface area contributed by atoms with E-state index in [1.165, 1.54) is 21.0 Å². The number of hydrogen-bond acceptors (Lipinski definition) is 9. The molecule has 0 radical (unpaired) electrons. The Hall–Kier alpha value is -3.16. The van der Waals surface area contributed by atoms with Crippen LogP contribution < -0.4 is 10.6 Å². The number of esters is 2. The smallest absolute Gasteiger partial charge is 0.411 e. The molecule has 0 unspecified atom stereocenters. The molecular formula is C32H42Br2N2O9. The zero-order chi connectivity index (χ0) is 33.5. The van der Waals surface area contributed by atoms with E-state index in [9.17, 15) is 19.2 Å². The fourth-order valence-electron chi connectivity index (χ4n) is 4.80. The molecule has 0 aliphatic carbocycles. The number of amides is 2. The van der Waals surface area contributed by atoms with Crippen molar-refractivity contribution in [3.05, 3.63) is 57.5 Å². The van der Waals surface area contributed by atoms with Gasteiger partial charge in [0.25, 0.3) is 0 Å². The highest BCUT2D eigenvalue weighted by molar-refractivity contribution is 9.10. The molecule has 2 aromatic rings. The summed E-state index contributed by atoms with van der Waals surface area (Å²) in [5.74, 6) is -1.61. The van der Waals surface area contributed by atoms with E-state index in [4.69, 9.17) is 23.7 Å². The van der Waals surface area contributed by atoms with E-state index in [1.54, 1.807) is 55.5 Å². The average molecular weight is 759 g/mol. The lowest BCUT2D eigenvalue weighted by molar-refractivity contribution is -0.163. The van der Waals surface area contributed by atoms with Gasteiger partial charge in [0.15, 0.2) is 0 Å². The minimum atomic E-state index is -0.697. The van der Waals surface area contributed by atoms with E-state index in [2.05, 4.69) is 42.5 Å². The summed E-state index contributed by atoms with van der Waals surface area (Å²) in [6, 6.07) is 14.1. The van der Waals surface area contributed by atoms with Crippen LogP contribution in [0.4, 0.5) is 21.0 Å². The van der Waals surface area contributed by atoms with Crippen LogP contribution in [-0.4, -0.2) is 62.3 Å².